The van der Waals surface area contributed by atoms with Crippen molar-refractivity contribution in [2.75, 3.05) is 6.54 Å². The van der Waals surface area contributed by atoms with E-state index in [1.54, 1.807) is 0 Å². The van der Waals surface area contributed by atoms with E-state index in [0.717, 1.165) is 23.5 Å². The third-order valence-electron chi connectivity index (χ3n) is 3.05. The van der Waals surface area contributed by atoms with Crippen LogP contribution in [0.3, 0.4) is 0 Å². The normalized spacial score (nSPS) is 10.9. The van der Waals surface area contributed by atoms with E-state index < -0.39 is 0 Å². The van der Waals surface area contributed by atoms with E-state index >= 15 is 0 Å². The first kappa shape index (κ1) is 13.4. The minimum Gasteiger partial charge on any atom is -0.339 e. The van der Waals surface area contributed by atoms with Gasteiger partial charge in [-0.3, -0.25) is 0 Å². The van der Waals surface area contributed by atoms with Gasteiger partial charge in [-0.1, -0.05) is 35.5 Å². The molecule has 0 aliphatic heterocycles. The minimum atomic E-state index is 0.633. The lowest BCUT2D eigenvalue weighted by Crippen LogP contribution is -2.17. The molecular formula is C14H16N6O. The van der Waals surface area contributed by atoms with Gasteiger partial charge in [0.2, 0.25) is 5.89 Å². The van der Waals surface area contributed by atoms with Gasteiger partial charge in [-0.05, 0) is 6.92 Å². The van der Waals surface area contributed by atoms with Crippen molar-refractivity contribution in [1.29, 1.82) is 0 Å². The second kappa shape index (κ2) is 6.27. The van der Waals surface area contributed by atoms with Crippen LogP contribution in [-0.4, -0.2) is 32.1 Å². The lowest BCUT2D eigenvalue weighted by molar-refractivity contribution is 0.372. The molecule has 0 saturated heterocycles. The van der Waals surface area contributed by atoms with Crippen LogP contribution in [0.1, 0.15) is 17.4 Å². The predicted octanol–water partition coefficient (Wildman–Crippen LogP) is 1.50. The number of rotatable bonds is 6. The number of hydrogen-bond donors (Lipinski definition) is 2. The highest BCUT2D eigenvalue weighted by atomic mass is 16.5. The van der Waals surface area contributed by atoms with Gasteiger partial charge in [0.15, 0.2) is 5.82 Å². The van der Waals surface area contributed by atoms with Gasteiger partial charge >= 0.3 is 0 Å². The van der Waals surface area contributed by atoms with E-state index in [9.17, 15) is 0 Å². The maximum absolute atomic E-state index is 5.06. The second-order valence-electron chi connectivity index (χ2n) is 4.65. The fourth-order valence-corrected chi connectivity index (χ4v) is 2.05. The molecule has 2 aromatic heterocycles. The van der Waals surface area contributed by atoms with Crippen LogP contribution in [0.5, 0.6) is 0 Å². The SMILES string of the molecule is Cc1noc(CCNCc2n[nH]nc2-c2ccccc2)n1. The van der Waals surface area contributed by atoms with Gasteiger partial charge < -0.3 is 9.84 Å². The van der Waals surface area contributed by atoms with Gasteiger partial charge in [0.05, 0.1) is 0 Å². The summed E-state index contributed by atoms with van der Waals surface area (Å²) >= 11 is 0. The molecule has 3 aromatic rings. The monoisotopic (exact) mass is 284 g/mol. The average molecular weight is 284 g/mol. The van der Waals surface area contributed by atoms with Crippen LogP contribution in [-0.2, 0) is 13.0 Å². The number of hydrogen-bond acceptors (Lipinski definition) is 6. The fourth-order valence-electron chi connectivity index (χ4n) is 2.05. The van der Waals surface area contributed by atoms with E-state index in [4.69, 9.17) is 4.52 Å². The first-order valence-electron chi connectivity index (χ1n) is 6.78. The van der Waals surface area contributed by atoms with Crippen molar-refractivity contribution >= 4 is 0 Å². The minimum absolute atomic E-state index is 0.633. The van der Waals surface area contributed by atoms with Gasteiger partial charge in [0, 0.05) is 25.1 Å². The first-order valence-corrected chi connectivity index (χ1v) is 6.78. The van der Waals surface area contributed by atoms with Crippen LogP contribution in [0.2, 0.25) is 0 Å². The van der Waals surface area contributed by atoms with E-state index in [-0.39, 0.29) is 0 Å². The Bertz CT molecular complexity index is 690. The zero-order chi connectivity index (χ0) is 14.5. The number of H-pyrrole nitrogens is 1. The average Bonchev–Trinajstić information content (AvgIpc) is 3.13. The number of aryl methyl sites for hydroxylation is 1. The summed E-state index contributed by atoms with van der Waals surface area (Å²) in [5.41, 5.74) is 2.82. The fraction of sp³-hybridized carbons (Fsp3) is 0.286. The van der Waals surface area contributed by atoms with Crippen LogP contribution in [0, 0.1) is 6.92 Å². The van der Waals surface area contributed by atoms with E-state index in [1.807, 2.05) is 37.3 Å². The summed E-state index contributed by atoms with van der Waals surface area (Å²) < 4.78 is 5.06. The summed E-state index contributed by atoms with van der Waals surface area (Å²) in [5.74, 6) is 1.30. The molecule has 0 saturated carbocycles. The smallest absolute Gasteiger partial charge is 0.227 e. The lowest BCUT2D eigenvalue weighted by Gasteiger charge is -2.02. The number of aromatic nitrogens is 5. The molecule has 0 amide bonds. The predicted molar refractivity (Wildman–Crippen MR) is 76.3 cm³/mol. The molecule has 108 valence electrons. The Morgan fingerprint density at radius 2 is 2.05 bits per heavy atom. The van der Waals surface area contributed by atoms with Crippen LogP contribution >= 0.6 is 0 Å². The number of aromatic amines is 1. The van der Waals surface area contributed by atoms with Crippen molar-refractivity contribution in [3.05, 3.63) is 47.7 Å². The van der Waals surface area contributed by atoms with Crippen LogP contribution < -0.4 is 5.32 Å². The molecule has 2 heterocycles. The molecular weight excluding hydrogens is 268 g/mol. The van der Waals surface area contributed by atoms with Crippen molar-refractivity contribution in [2.45, 2.75) is 19.9 Å². The van der Waals surface area contributed by atoms with Gasteiger partial charge in [-0.15, -0.1) is 0 Å². The lowest BCUT2D eigenvalue weighted by atomic mass is 10.1. The second-order valence-corrected chi connectivity index (χ2v) is 4.65. The highest BCUT2D eigenvalue weighted by Crippen LogP contribution is 2.18. The summed E-state index contributed by atoms with van der Waals surface area (Å²) in [6.07, 6.45) is 0.694. The molecule has 3 rings (SSSR count). The zero-order valence-electron chi connectivity index (χ0n) is 11.7. The van der Waals surface area contributed by atoms with Crippen molar-refractivity contribution in [3.8, 4) is 11.3 Å². The number of nitrogens with one attached hydrogen (secondary N) is 2. The summed E-state index contributed by atoms with van der Waals surface area (Å²) in [4.78, 5) is 4.16. The third-order valence-corrected chi connectivity index (χ3v) is 3.05. The molecule has 0 spiro atoms. The zero-order valence-corrected chi connectivity index (χ0v) is 11.7. The molecule has 0 aliphatic rings. The molecule has 7 nitrogen and oxygen atoms in total. The molecule has 21 heavy (non-hydrogen) atoms. The van der Waals surface area contributed by atoms with Crippen molar-refractivity contribution in [3.63, 3.8) is 0 Å². The molecule has 7 heteroatoms. The van der Waals surface area contributed by atoms with Gasteiger partial charge in [-0.25, -0.2) is 0 Å². The van der Waals surface area contributed by atoms with Crippen LogP contribution in [0.4, 0.5) is 0 Å². The molecule has 0 radical (unpaired) electrons. The molecule has 1 aromatic carbocycles. The standard InChI is InChI=1S/C14H16N6O/c1-10-16-13(21-19-10)7-8-15-9-12-14(18-20-17-12)11-5-3-2-4-6-11/h2-6,15H,7-9H2,1H3,(H,17,18,20). The number of nitrogens with zero attached hydrogens (tertiary/aromatic N) is 4. The van der Waals surface area contributed by atoms with E-state index in [0.29, 0.717) is 24.7 Å². The maximum Gasteiger partial charge on any atom is 0.227 e. The van der Waals surface area contributed by atoms with Crippen molar-refractivity contribution in [2.24, 2.45) is 0 Å². The largest absolute Gasteiger partial charge is 0.339 e. The molecule has 0 bridgehead atoms. The van der Waals surface area contributed by atoms with Crippen molar-refractivity contribution in [1.82, 2.24) is 30.9 Å². The molecule has 2 N–H and O–H groups in total. The first-order chi connectivity index (χ1) is 10.3. The Labute approximate surface area is 121 Å². The Kier molecular flexibility index (Phi) is 4.02. The molecule has 0 unspecified atom stereocenters. The van der Waals surface area contributed by atoms with Crippen molar-refractivity contribution < 1.29 is 4.52 Å². The molecule has 0 fully saturated rings. The molecule has 0 aliphatic carbocycles. The highest BCUT2D eigenvalue weighted by molar-refractivity contribution is 5.60. The third kappa shape index (κ3) is 3.32. The Balaban J connectivity index is 1.55. The summed E-state index contributed by atoms with van der Waals surface area (Å²) in [6.45, 7) is 3.18. The quantitative estimate of drug-likeness (QED) is 0.666. The maximum atomic E-state index is 5.06. The highest BCUT2D eigenvalue weighted by Gasteiger charge is 2.09. The van der Waals surface area contributed by atoms with E-state index in [2.05, 4.69) is 30.9 Å². The summed E-state index contributed by atoms with van der Waals surface area (Å²) in [5, 5.41) is 18.1. The Morgan fingerprint density at radius 3 is 2.81 bits per heavy atom. The Morgan fingerprint density at radius 1 is 1.19 bits per heavy atom. The Hall–Kier alpha value is -2.54. The van der Waals surface area contributed by atoms with Gasteiger partial charge in [0.25, 0.3) is 0 Å². The van der Waals surface area contributed by atoms with Gasteiger partial charge in [0.1, 0.15) is 11.4 Å². The summed E-state index contributed by atoms with van der Waals surface area (Å²) in [6, 6.07) is 9.98. The van der Waals surface area contributed by atoms with Gasteiger partial charge in [-0.2, -0.15) is 20.4 Å². The summed E-state index contributed by atoms with van der Waals surface area (Å²) in [7, 11) is 0. The molecule has 0 atom stereocenters. The van der Waals surface area contributed by atoms with Crippen LogP contribution in [0.15, 0.2) is 34.9 Å². The van der Waals surface area contributed by atoms with Crippen LogP contribution in [0.25, 0.3) is 11.3 Å². The number of benzene rings is 1. The van der Waals surface area contributed by atoms with E-state index in [1.165, 1.54) is 0 Å². The topological polar surface area (TPSA) is 92.5 Å².